The Morgan fingerprint density at radius 3 is 2.79 bits per heavy atom. The topological polar surface area (TPSA) is 38.8 Å². The van der Waals surface area contributed by atoms with Gasteiger partial charge in [-0.05, 0) is 25.0 Å². The summed E-state index contributed by atoms with van der Waals surface area (Å²) in [5.41, 5.74) is 0. The first-order valence-electron chi connectivity index (χ1n) is 7.99. The number of carbonyl (C=O) groups excluding carboxylic acids is 1. The minimum absolute atomic E-state index is 0.125. The molecular formula is C17H22F3NO3. The number of ether oxygens (including phenoxy) is 2. The molecule has 0 aromatic heterocycles. The van der Waals surface area contributed by atoms with E-state index in [1.807, 2.05) is 18.2 Å². The molecule has 1 aromatic rings. The zero-order valence-corrected chi connectivity index (χ0v) is 13.6. The normalized spacial score (nSPS) is 18.3. The van der Waals surface area contributed by atoms with E-state index < -0.39 is 24.9 Å². The summed E-state index contributed by atoms with van der Waals surface area (Å²) in [4.78, 5) is 13.4. The molecule has 1 heterocycles. The van der Waals surface area contributed by atoms with Gasteiger partial charge in [0.05, 0.1) is 20.1 Å². The van der Waals surface area contributed by atoms with Gasteiger partial charge in [0.25, 0.3) is 0 Å². The number of hydrogen-bond donors (Lipinski definition) is 0. The third-order valence-electron chi connectivity index (χ3n) is 4.02. The Kier molecular flexibility index (Phi) is 6.34. The van der Waals surface area contributed by atoms with Gasteiger partial charge in [-0.2, -0.15) is 13.2 Å². The highest BCUT2D eigenvalue weighted by Crippen LogP contribution is 2.25. The van der Waals surface area contributed by atoms with Crippen molar-refractivity contribution in [3.05, 3.63) is 24.3 Å². The number of benzene rings is 1. The average molecular weight is 345 g/mol. The van der Waals surface area contributed by atoms with E-state index >= 15 is 0 Å². The van der Waals surface area contributed by atoms with Crippen molar-refractivity contribution in [3.63, 3.8) is 0 Å². The smallest absolute Gasteiger partial charge is 0.389 e. The second-order valence-electron chi connectivity index (χ2n) is 5.95. The standard InChI is InChI=1S/C17H22F3NO3/c1-23-14-5-2-6-15(10-14)24-12-13-4-3-9-21(11-13)16(22)7-8-17(18,19)20/h2,5-6,10,13H,3-4,7-9,11-12H2,1H3. The lowest BCUT2D eigenvalue weighted by Gasteiger charge is -2.32. The Balaban J connectivity index is 1.81. The first kappa shape index (κ1) is 18.4. The monoisotopic (exact) mass is 345 g/mol. The molecule has 1 unspecified atom stereocenters. The molecule has 1 fully saturated rings. The minimum atomic E-state index is -4.29. The molecule has 1 aliphatic heterocycles. The van der Waals surface area contributed by atoms with Gasteiger partial charge < -0.3 is 14.4 Å². The molecule has 1 aliphatic rings. The van der Waals surface area contributed by atoms with E-state index in [1.165, 1.54) is 4.90 Å². The Labute approximate surface area is 139 Å². The lowest BCUT2D eigenvalue weighted by molar-refractivity contribution is -0.150. The van der Waals surface area contributed by atoms with Crippen LogP contribution in [0.25, 0.3) is 0 Å². The summed E-state index contributed by atoms with van der Waals surface area (Å²) in [5, 5.41) is 0. The molecule has 0 radical (unpaired) electrons. The summed E-state index contributed by atoms with van der Waals surface area (Å²) in [7, 11) is 1.57. The van der Waals surface area contributed by atoms with Crippen LogP contribution in [0.1, 0.15) is 25.7 Å². The molecule has 0 aliphatic carbocycles. The van der Waals surface area contributed by atoms with E-state index in [9.17, 15) is 18.0 Å². The number of rotatable bonds is 6. The molecule has 0 N–H and O–H groups in total. The molecule has 1 amide bonds. The zero-order chi connectivity index (χ0) is 17.6. The fourth-order valence-corrected chi connectivity index (χ4v) is 2.74. The lowest BCUT2D eigenvalue weighted by Crippen LogP contribution is -2.41. The van der Waals surface area contributed by atoms with Crippen LogP contribution in [0.2, 0.25) is 0 Å². The van der Waals surface area contributed by atoms with Crippen LogP contribution in [0.5, 0.6) is 11.5 Å². The summed E-state index contributed by atoms with van der Waals surface area (Å²) >= 11 is 0. The first-order chi connectivity index (χ1) is 11.4. The highest BCUT2D eigenvalue weighted by molar-refractivity contribution is 5.76. The maximum atomic E-state index is 12.2. The summed E-state index contributed by atoms with van der Waals surface area (Å²) in [5.74, 6) is 1.06. The van der Waals surface area contributed by atoms with Gasteiger partial charge >= 0.3 is 6.18 Å². The predicted molar refractivity (Wildman–Crippen MR) is 83.1 cm³/mol. The Hall–Kier alpha value is -1.92. The van der Waals surface area contributed by atoms with Crippen molar-refractivity contribution < 1.29 is 27.4 Å². The van der Waals surface area contributed by atoms with Gasteiger partial charge in [-0.25, -0.2) is 0 Å². The third-order valence-corrected chi connectivity index (χ3v) is 4.02. The Morgan fingerprint density at radius 2 is 2.08 bits per heavy atom. The van der Waals surface area contributed by atoms with Crippen molar-refractivity contribution in [3.8, 4) is 11.5 Å². The van der Waals surface area contributed by atoms with Crippen LogP contribution in [0.3, 0.4) is 0 Å². The van der Waals surface area contributed by atoms with Gasteiger partial charge in [0, 0.05) is 31.5 Å². The van der Waals surface area contributed by atoms with Gasteiger partial charge in [-0.1, -0.05) is 6.07 Å². The fourth-order valence-electron chi connectivity index (χ4n) is 2.74. The predicted octanol–water partition coefficient (Wildman–Crippen LogP) is 3.66. The largest absolute Gasteiger partial charge is 0.497 e. The summed E-state index contributed by atoms with van der Waals surface area (Å²) in [6.07, 6.45) is -4.16. The van der Waals surface area contributed by atoms with E-state index in [-0.39, 0.29) is 5.92 Å². The van der Waals surface area contributed by atoms with Crippen LogP contribution < -0.4 is 9.47 Å². The summed E-state index contributed by atoms with van der Waals surface area (Å²) in [6, 6.07) is 7.23. The van der Waals surface area contributed by atoms with Gasteiger partial charge in [0.2, 0.25) is 5.91 Å². The molecule has 1 aromatic carbocycles. The molecular weight excluding hydrogens is 323 g/mol. The number of likely N-dealkylation sites (tertiary alicyclic amines) is 1. The van der Waals surface area contributed by atoms with Crippen molar-refractivity contribution >= 4 is 5.91 Å². The number of alkyl halides is 3. The number of halogens is 3. The molecule has 2 rings (SSSR count). The zero-order valence-electron chi connectivity index (χ0n) is 13.6. The fraction of sp³-hybridized carbons (Fsp3) is 0.588. The van der Waals surface area contributed by atoms with Gasteiger partial charge in [0.15, 0.2) is 0 Å². The summed E-state index contributed by atoms with van der Waals surface area (Å²) < 4.78 is 47.5. The van der Waals surface area contributed by atoms with Crippen LogP contribution in [-0.2, 0) is 4.79 Å². The quantitative estimate of drug-likeness (QED) is 0.790. The Morgan fingerprint density at radius 1 is 1.33 bits per heavy atom. The number of nitrogens with zero attached hydrogens (tertiary/aromatic N) is 1. The maximum absolute atomic E-state index is 12.2. The highest BCUT2D eigenvalue weighted by atomic mass is 19.4. The highest BCUT2D eigenvalue weighted by Gasteiger charge is 2.30. The van der Waals surface area contributed by atoms with Crippen LogP contribution in [0.4, 0.5) is 13.2 Å². The molecule has 4 nitrogen and oxygen atoms in total. The van der Waals surface area contributed by atoms with Crippen LogP contribution >= 0.6 is 0 Å². The maximum Gasteiger partial charge on any atom is 0.389 e. The third kappa shape index (κ3) is 5.94. The second-order valence-corrected chi connectivity index (χ2v) is 5.95. The van der Waals surface area contributed by atoms with Crippen LogP contribution in [0.15, 0.2) is 24.3 Å². The van der Waals surface area contributed by atoms with Crippen molar-refractivity contribution in [2.75, 3.05) is 26.8 Å². The SMILES string of the molecule is COc1cccc(OCC2CCCN(C(=O)CCC(F)(F)F)C2)c1. The van der Waals surface area contributed by atoms with E-state index in [0.29, 0.717) is 31.2 Å². The van der Waals surface area contributed by atoms with Crippen LogP contribution in [0, 0.1) is 5.92 Å². The van der Waals surface area contributed by atoms with E-state index in [1.54, 1.807) is 13.2 Å². The van der Waals surface area contributed by atoms with Gasteiger partial charge in [-0.3, -0.25) is 4.79 Å². The number of hydrogen-bond acceptors (Lipinski definition) is 3. The molecule has 0 bridgehead atoms. The molecule has 134 valence electrons. The van der Waals surface area contributed by atoms with Crippen molar-refractivity contribution in [1.82, 2.24) is 4.90 Å². The number of methoxy groups -OCH3 is 1. The Bertz CT molecular complexity index is 548. The number of amides is 1. The molecule has 7 heteroatoms. The van der Waals surface area contributed by atoms with E-state index in [2.05, 4.69) is 0 Å². The van der Waals surface area contributed by atoms with Gasteiger partial charge in [0.1, 0.15) is 11.5 Å². The number of piperidine rings is 1. The second kappa shape index (κ2) is 8.26. The van der Waals surface area contributed by atoms with E-state index in [0.717, 1.165) is 12.8 Å². The van der Waals surface area contributed by atoms with Crippen molar-refractivity contribution in [2.45, 2.75) is 31.9 Å². The lowest BCUT2D eigenvalue weighted by atomic mass is 9.98. The number of carbonyl (C=O) groups is 1. The van der Waals surface area contributed by atoms with Crippen LogP contribution in [-0.4, -0.2) is 43.8 Å². The minimum Gasteiger partial charge on any atom is -0.497 e. The first-order valence-corrected chi connectivity index (χ1v) is 7.99. The average Bonchev–Trinajstić information content (AvgIpc) is 2.57. The van der Waals surface area contributed by atoms with Crippen molar-refractivity contribution in [1.29, 1.82) is 0 Å². The molecule has 1 saturated heterocycles. The molecule has 0 spiro atoms. The molecule has 24 heavy (non-hydrogen) atoms. The van der Waals surface area contributed by atoms with Gasteiger partial charge in [-0.15, -0.1) is 0 Å². The van der Waals surface area contributed by atoms with E-state index in [4.69, 9.17) is 9.47 Å². The van der Waals surface area contributed by atoms with Crippen molar-refractivity contribution in [2.24, 2.45) is 5.92 Å². The molecule has 0 saturated carbocycles. The molecule has 1 atom stereocenters. The summed E-state index contributed by atoms with van der Waals surface area (Å²) in [6.45, 7) is 1.39.